The molecule has 1 unspecified atom stereocenters. The summed E-state index contributed by atoms with van der Waals surface area (Å²) in [6, 6.07) is 1.78. The third-order valence-electron chi connectivity index (χ3n) is 3.62. The average Bonchev–Trinajstić information content (AvgIpc) is 2.58. The van der Waals surface area contributed by atoms with Gasteiger partial charge in [0.15, 0.2) is 18.0 Å². The number of ketones is 1. The molecule has 2 rings (SSSR count). The standard InChI is InChI=1S/C14H16N2O3/c1-4-11-14(9(2)17)10-5-6-15-7-12(10)16(11,3)8-13(18)19/h5-7H,4,8H2,1-3H3/p+1. The molecule has 0 spiro atoms. The van der Waals surface area contributed by atoms with Crippen LogP contribution >= 0.6 is 0 Å². The Kier molecular flexibility index (Phi) is 3.24. The second-order valence-corrected chi connectivity index (χ2v) is 4.87. The number of hydrogen-bond acceptors (Lipinski definition) is 3. The number of fused-ring (bicyclic) bond motifs is 1. The van der Waals surface area contributed by atoms with E-state index in [0.717, 1.165) is 16.9 Å². The molecule has 0 bridgehead atoms. The highest BCUT2D eigenvalue weighted by Crippen LogP contribution is 2.44. The Morgan fingerprint density at radius 2 is 2.11 bits per heavy atom. The first-order valence-electron chi connectivity index (χ1n) is 6.18. The van der Waals surface area contributed by atoms with Crippen molar-refractivity contribution in [3.63, 3.8) is 0 Å². The molecule has 0 aromatic carbocycles. The Balaban J connectivity index is 2.73. The lowest BCUT2D eigenvalue weighted by Crippen LogP contribution is -2.46. The highest BCUT2D eigenvalue weighted by Gasteiger charge is 2.44. The zero-order valence-electron chi connectivity index (χ0n) is 11.3. The maximum atomic E-state index is 11.9. The van der Waals surface area contributed by atoms with Gasteiger partial charge in [0.25, 0.3) is 0 Å². The van der Waals surface area contributed by atoms with Crippen LogP contribution in [-0.2, 0) is 9.59 Å². The van der Waals surface area contributed by atoms with Crippen molar-refractivity contribution in [2.75, 3.05) is 13.6 Å². The first-order chi connectivity index (χ1) is 8.91. The first-order valence-corrected chi connectivity index (χ1v) is 6.18. The van der Waals surface area contributed by atoms with Crippen LogP contribution in [0.3, 0.4) is 0 Å². The fraction of sp³-hybridized carbons (Fsp3) is 0.357. The Morgan fingerprint density at radius 3 is 2.63 bits per heavy atom. The lowest BCUT2D eigenvalue weighted by molar-refractivity contribution is -0.137. The molecule has 2 heterocycles. The number of aromatic nitrogens is 1. The van der Waals surface area contributed by atoms with Crippen LogP contribution in [0.5, 0.6) is 0 Å². The highest BCUT2D eigenvalue weighted by molar-refractivity contribution is 6.23. The quantitative estimate of drug-likeness (QED) is 0.840. The van der Waals surface area contributed by atoms with Gasteiger partial charge in [-0.2, -0.15) is 0 Å². The van der Waals surface area contributed by atoms with Crippen LogP contribution in [0.15, 0.2) is 24.2 Å². The molecule has 1 aromatic rings. The molecule has 0 amide bonds. The summed E-state index contributed by atoms with van der Waals surface area (Å²) in [5, 5.41) is 9.16. The summed E-state index contributed by atoms with van der Waals surface area (Å²) in [6.07, 6.45) is 3.92. The summed E-state index contributed by atoms with van der Waals surface area (Å²) in [4.78, 5) is 27.2. The number of carbonyl (C=O) groups is 2. The second-order valence-electron chi connectivity index (χ2n) is 4.87. The molecule has 19 heavy (non-hydrogen) atoms. The first kappa shape index (κ1) is 13.4. The van der Waals surface area contributed by atoms with E-state index in [0.29, 0.717) is 12.0 Å². The van der Waals surface area contributed by atoms with Gasteiger partial charge in [-0.25, -0.2) is 4.79 Å². The number of carboxylic acid groups (broad SMARTS) is 1. The molecule has 1 aliphatic heterocycles. The van der Waals surface area contributed by atoms with Crippen molar-refractivity contribution in [2.24, 2.45) is 0 Å². The number of allylic oxidation sites excluding steroid dienone is 2. The molecule has 1 aromatic heterocycles. The third kappa shape index (κ3) is 1.96. The van der Waals surface area contributed by atoms with Gasteiger partial charge < -0.3 is 5.11 Å². The summed E-state index contributed by atoms with van der Waals surface area (Å²) >= 11 is 0. The van der Waals surface area contributed by atoms with Gasteiger partial charge >= 0.3 is 5.97 Å². The Bertz CT molecular complexity index is 592. The molecule has 1 N–H and O–H groups in total. The van der Waals surface area contributed by atoms with Gasteiger partial charge in [0.2, 0.25) is 0 Å². The van der Waals surface area contributed by atoms with Gasteiger partial charge in [0.1, 0.15) is 5.70 Å². The number of carboxylic acids is 1. The van der Waals surface area contributed by atoms with E-state index in [2.05, 4.69) is 4.98 Å². The molecule has 0 radical (unpaired) electrons. The number of aliphatic carboxylic acids is 1. The maximum absolute atomic E-state index is 11.9. The van der Waals surface area contributed by atoms with Crippen LogP contribution < -0.4 is 4.48 Å². The zero-order valence-corrected chi connectivity index (χ0v) is 11.3. The summed E-state index contributed by atoms with van der Waals surface area (Å²) in [7, 11) is 1.82. The van der Waals surface area contributed by atoms with Crippen molar-refractivity contribution in [1.82, 2.24) is 9.47 Å². The third-order valence-corrected chi connectivity index (χ3v) is 3.62. The predicted octanol–water partition coefficient (Wildman–Crippen LogP) is 1.83. The number of pyridine rings is 1. The Hall–Kier alpha value is -2.01. The van der Waals surface area contributed by atoms with Crippen LogP contribution in [0.25, 0.3) is 5.57 Å². The number of carbonyl (C=O) groups excluding carboxylic acids is 1. The lowest BCUT2D eigenvalue weighted by Gasteiger charge is -2.30. The van der Waals surface area contributed by atoms with E-state index < -0.39 is 5.97 Å². The normalized spacial score (nSPS) is 21.4. The van der Waals surface area contributed by atoms with E-state index in [1.807, 2.05) is 14.0 Å². The molecule has 0 saturated carbocycles. The minimum absolute atomic E-state index is 0.0310. The van der Waals surface area contributed by atoms with Crippen molar-refractivity contribution in [3.8, 4) is 0 Å². The predicted molar refractivity (Wildman–Crippen MR) is 72.3 cm³/mol. The highest BCUT2D eigenvalue weighted by atomic mass is 16.4. The van der Waals surface area contributed by atoms with Gasteiger partial charge in [0.05, 0.1) is 24.4 Å². The number of hydrogen-bond donors (Lipinski definition) is 1. The number of rotatable bonds is 4. The van der Waals surface area contributed by atoms with Crippen molar-refractivity contribution in [2.45, 2.75) is 20.3 Å². The van der Waals surface area contributed by atoms with Crippen LogP contribution in [0.1, 0.15) is 25.8 Å². The van der Waals surface area contributed by atoms with E-state index in [1.54, 1.807) is 18.5 Å². The number of quaternary nitrogens is 1. The maximum Gasteiger partial charge on any atom is 0.360 e. The van der Waals surface area contributed by atoms with Crippen LogP contribution in [0.4, 0.5) is 5.69 Å². The second kappa shape index (κ2) is 4.59. The van der Waals surface area contributed by atoms with Crippen molar-refractivity contribution >= 4 is 23.0 Å². The zero-order chi connectivity index (χ0) is 14.2. The number of likely N-dealkylation sites (N-methyl/N-ethyl adjacent to an activating group) is 1. The topological polar surface area (TPSA) is 67.3 Å². The minimum Gasteiger partial charge on any atom is -0.477 e. The summed E-state index contributed by atoms with van der Waals surface area (Å²) < 4.78 is 0.129. The van der Waals surface area contributed by atoms with Crippen molar-refractivity contribution < 1.29 is 14.7 Å². The van der Waals surface area contributed by atoms with Crippen molar-refractivity contribution in [1.29, 1.82) is 0 Å². The molecule has 1 aliphatic rings. The summed E-state index contributed by atoms with van der Waals surface area (Å²) in [5.41, 5.74) is 3.08. The Labute approximate surface area is 111 Å². The van der Waals surface area contributed by atoms with E-state index in [4.69, 9.17) is 5.11 Å². The molecule has 1 atom stereocenters. The summed E-state index contributed by atoms with van der Waals surface area (Å²) in [5.74, 6) is -0.926. The molecule has 0 aliphatic carbocycles. The molecule has 100 valence electrons. The molecule has 0 saturated heterocycles. The minimum atomic E-state index is -0.895. The van der Waals surface area contributed by atoms with Crippen LogP contribution in [0, 0.1) is 0 Å². The monoisotopic (exact) mass is 261 g/mol. The molecular weight excluding hydrogens is 244 g/mol. The average molecular weight is 261 g/mol. The SMILES string of the molecule is CCC1=C(C(C)=O)c2ccncc2[N+]1(C)CC(=O)O. The smallest absolute Gasteiger partial charge is 0.360 e. The van der Waals surface area contributed by atoms with E-state index in [-0.39, 0.29) is 16.8 Å². The van der Waals surface area contributed by atoms with E-state index in [9.17, 15) is 9.59 Å². The molecular formula is C14H17N2O3+. The van der Waals surface area contributed by atoms with Gasteiger partial charge in [-0.1, -0.05) is 6.92 Å². The number of nitrogens with zero attached hydrogens (tertiary/aromatic N) is 2. The molecule has 0 fully saturated rings. The molecule has 5 nitrogen and oxygen atoms in total. The lowest BCUT2D eigenvalue weighted by atomic mass is 10.0. The van der Waals surface area contributed by atoms with E-state index in [1.165, 1.54) is 6.92 Å². The Morgan fingerprint density at radius 1 is 1.42 bits per heavy atom. The molecule has 5 heteroatoms. The van der Waals surface area contributed by atoms with E-state index >= 15 is 0 Å². The van der Waals surface area contributed by atoms with Gasteiger partial charge in [0, 0.05) is 12.6 Å². The van der Waals surface area contributed by atoms with Gasteiger partial charge in [-0.15, -0.1) is 0 Å². The fourth-order valence-corrected chi connectivity index (χ4v) is 2.91. The largest absolute Gasteiger partial charge is 0.477 e. The fourth-order valence-electron chi connectivity index (χ4n) is 2.91. The van der Waals surface area contributed by atoms with Gasteiger partial charge in [-0.05, 0) is 13.0 Å². The van der Waals surface area contributed by atoms with Crippen LogP contribution in [0.2, 0.25) is 0 Å². The van der Waals surface area contributed by atoms with Gasteiger partial charge in [-0.3, -0.25) is 14.3 Å². The van der Waals surface area contributed by atoms with Crippen LogP contribution in [-0.4, -0.2) is 35.4 Å². The number of Topliss-reactive ketones (excluding diaryl/α,β-unsaturated/α-hetero) is 1. The summed E-state index contributed by atoms with van der Waals surface area (Å²) in [6.45, 7) is 3.38. The van der Waals surface area contributed by atoms with Crippen molar-refractivity contribution in [3.05, 3.63) is 29.7 Å².